The maximum atomic E-state index is 5.98. The van der Waals surface area contributed by atoms with Gasteiger partial charge < -0.3 is 10.6 Å². The molecule has 0 saturated heterocycles. The van der Waals surface area contributed by atoms with Crippen LogP contribution in [0.2, 0.25) is 5.02 Å². The Bertz CT molecular complexity index is 586. The Morgan fingerprint density at radius 1 is 1.10 bits per heavy atom. The summed E-state index contributed by atoms with van der Waals surface area (Å²) in [5, 5.41) is 7.32. The number of hydrogen-bond donors (Lipinski definition) is 2. The molecule has 0 aliphatic rings. The topological polar surface area (TPSA) is 49.8 Å². The van der Waals surface area contributed by atoms with E-state index in [-0.39, 0.29) is 0 Å². The quantitative estimate of drug-likeness (QED) is 0.814. The number of halogens is 1. The Kier molecular flexibility index (Phi) is 5.81. The minimum Gasteiger partial charge on any atom is -0.370 e. The standard InChI is InChI=1S/C16H21ClN4/c1-3-8-18-15-10-12(2)20-16(21-15)19-9-7-13-5-4-6-14(17)11-13/h4-6,10-11H,3,7-9H2,1-2H3,(H2,18,19,20,21). The molecule has 0 unspecified atom stereocenters. The highest BCUT2D eigenvalue weighted by Crippen LogP contribution is 2.12. The van der Waals surface area contributed by atoms with E-state index in [1.807, 2.05) is 31.2 Å². The van der Waals surface area contributed by atoms with E-state index in [1.165, 1.54) is 5.56 Å². The Morgan fingerprint density at radius 2 is 1.95 bits per heavy atom. The van der Waals surface area contributed by atoms with Gasteiger partial charge in [-0.15, -0.1) is 0 Å². The first-order valence-electron chi connectivity index (χ1n) is 7.25. The monoisotopic (exact) mass is 304 g/mol. The molecule has 0 aliphatic carbocycles. The Balaban J connectivity index is 1.91. The van der Waals surface area contributed by atoms with Crippen LogP contribution >= 0.6 is 11.6 Å². The number of aryl methyl sites for hydroxylation is 1. The van der Waals surface area contributed by atoms with Crippen LogP contribution in [0.15, 0.2) is 30.3 Å². The summed E-state index contributed by atoms with van der Waals surface area (Å²) in [5.41, 5.74) is 2.15. The van der Waals surface area contributed by atoms with Crippen molar-refractivity contribution in [3.05, 3.63) is 46.6 Å². The number of anilines is 2. The summed E-state index contributed by atoms with van der Waals surface area (Å²) >= 11 is 5.98. The molecular weight excluding hydrogens is 284 g/mol. The van der Waals surface area contributed by atoms with E-state index in [9.17, 15) is 0 Å². The molecule has 2 N–H and O–H groups in total. The molecule has 1 aromatic heterocycles. The van der Waals surface area contributed by atoms with Crippen molar-refractivity contribution < 1.29 is 0 Å². The van der Waals surface area contributed by atoms with Gasteiger partial charge in [0, 0.05) is 29.9 Å². The third-order valence-electron chi connectivity index (χ3n) is 3.00. The zero-order valence-electron chi connectivity index (χ0n) is 12.5. The van der Waals surface area contributed by atoms with Crippen molar-refractivity contribution in [1.29, 1.82) is 0 Å². The minimum absolute atomic E-state index is 0.663. The predicted octanol–water partition coefficient (Wildman–Crippen LogP) is 3.91. The molecule has 0 radical (unpaired) electrons. The Hall–Kier alpha value is -1.81. The highest BCUT2D eigenvalue weighted by atomic mass is 35.5. The molecule has 0 atom stereocenters. The summed E-state index contributed by atoms with van der Waals surface area (Å²) in [6.45, 7) is 5.79. The smallest absolute Gasteiger partial charge is 0.224 e. The van der Waals surface area contributed by atoms with Crippen LogP contribution in [0.3, 0.4) is 0 Å². The number of rotatable bonds is 7. The van der Waals surface area contributed by atoms with Gasteiger partial charge in [0.25, 0.3) is 0 Å². The molecule has 2 rings (SSSR count). The fraction of sp³-hybridized carbons (Fsp3) is 0.375. The van der Waals surface area contributed by atoms with Crippen molar-refractivity contribution in [2.75, 3.05) is 23.7 Å². The van der Waals surface area contributed by atoms with Crippen molar-refractivity contribution in [3.63, 3.8) is 0 Å². The van der Waals surface area contributed by atoms with Crippen LogP contribution in [0.25, 0.3) is 0 Å². The lowest BCUT2D eigenvalue weighted by Crippen LogP contribution is -2.10. The van der Waals surface area contributed by atoms with E-state index in [2.05, 4.69) is 33.6 Å². The van der Waals surface area contributed by atoms with Gasteiger partial charge in [0.05, 0.1) is 0 Å². The summed E-state index contributed by atoms with van der Waals surface area (Å²) in [7, 11) is 0. The summed E-state index contributed by atoms with van der Waals surface area (Å²) in [4.78, 5) is 8.86. The van der Waals surface area contributed by atoms with E-state index in [1.54, 1.807) is 0 Å². The zero-order chi connectivity index (χ0) is 15.1. The zero-order valence-corrected chi connectivity index (χ0v) is 13.2. The molecule has 1 aromatic carbocycles. The van der Waals surface area contributed by atoms with Crippen LogP contribution in [-0.2, 0) is 6.42 Å². The summed E-state index contributed by atoms with van der Waals surface area (Å²) in [5.74, 6) is 1.53. The molecule has 0 bridgehead atoms. The average Bonchev–Trinajstić information content (AvgIpc) is 2.45. The van der Waals surface area contributed by atoms with Gasteiger partial charge in [0.1, 0.15) is 5.82 Å². The highest BCUT2D eigenvalue weighted by Gasteiger charge is 2.02. The normalized spacial score (nSPS) is 10.4. The van der Waals surface area contributed by atoms with Crippen LogP contribution < -0.4 is 10.6 Å². The largest absolute Gasteiger partial charge is 0.370 e. The van der Waals surface area contributed by atoms with E-state index in [0.717, 1.165) is 42.5 Å². The summed E-state index contributed by atoms with van der Waals surface area (Å²) in [6.07, 6.45) is 1.95. The molecule has 0 saturated carbocycles. The predicted molar refractivity (Wildman–Crippen MR) is 89.2 cm³/mol. The van der Waals surface area contributed by atoms with E-state index >= 15 is 0 Å². The summed E-state index contributed by atoms with van der Waals surface area (Å²) < 4.78 is 0. The number of nitrogens with zero attached hydrogens (tertiary/aromatic N) is 2. The fourth-order valence-electron chi connectivity index (χ4n) is 2.00. The van der Waals surface area contributed by atoms with E-state index in [4.69, 9.17) is 11.6 Å². The minimum atomic E-state index is 0.663. The van der Waals surface area contributed by atoms with Gasteiger partial charge in [-0.05, 0) is 37.5 Å². The number of hydrogen-bond acceptors (Lipinski definition) is 4. The molecule has 0 spiro atoms. The molecule has 2 aromatic rings. The van der Waals surface area contributed by atoms with Crippen molar-refractivity contribution >= 4 is 23.4 Å². The van der Waals surface area contributed by atoms with Gasteiger partial charge in [-0.2, -0.15) is 4.98 Å². The van der Waals surface area contributed by atoms with Gasteiger partial charge in [-0.3, -0.25) is 0 Å². The fourth-order valence-corrected chi connectivity index (χ4v) is 2.22. The molecule has 21 heavy (non-hydrogen) atoms. The average molecular weight is 305 g/mol. The van der Waals surface area contributed by atoms with Crippen molar-refractivity contribution in [3.8, 4) is 0 Å². The molecule has 5 heteroatoms. The lowest BCUT2D eigenvalue weighted by atomic mass is 10.1. The third kappa shape index (κ3) is 5.23. The second-order valence-electron chi connectivity index (χ2n) is 4.95. The van der Waals surface area contributed by atoms with Crippen molar-refractivity contribution in [2.24, 2.45) is 0 Å². The van der Waals surface area contributed by atoms with Crippen LogP contribution in [0.5, 0.6) is 0 Å². The maximum absolute atomic E-state index is 5.98. The second-order valence-corrected chi connectivity index (χ2v) is 5.39. The number of benzene rings is 1. The maximum Gasteiger partial charge on any atom is 0.224 e. The molecule has 0 aliphatic heterocycles. The van der Waals surface area contributed by atoms with Crippen LogP contribution in [0.4, 0.5) is 11.8 Å². The molecule has 112 valence electrons. The molecule has 0 amide bonds. The molecule has 4 nitrogen and oxygen atoms in total. The van der Waals surface area contributed by atoms with Gasteiger partial charge >= 0.3 is 0 Å². The molecule has 0 fully saturated rings. The van der Waals surface area contributed by atoms with Gasteiger partial charge in [-0.25, -0.2) is 4.98 Å². The van der Waals surface area contributed by atoms with Gasteiger partial charge in [0.2, 0.25) is 5.95 Å². The lowest BCUT2D eigenvalue weighted by molar-refractivity contribution is 0.947. The van der Waals surface area contributed by atoms with Gasteiger partial charge in [0.15, 0.2) is 0 Å². The number of aromatic nitrogens is 2. The first-order chi connectivity index (χ1) is 10.2. The third-order valence-corrected chi connectivity index (χ3v) is 3.23. The van der Waals surface area contributed by atoms with E-state index < -0.39 is 0 Å². The highest BCUT2D eigenvalue weighted by molar-refractivity contribution is 6.30. The molecule has 1 heterocycles. The van der Waals surface area contributed by atoms with Crippen molar-refractivity contribution in [2.45, 2.75) is 26.7 Å². The Labute approximate surface area is 131 Å². The van der Waals surface area contributed by atoms with Crippen LogP contribution in [0.1, 0.15) is 24.6 Å². The van der Waals surface area contributed by atoms with Gasteiger partial charge in [-0.1, -0.05) is 30.7 Å². The molecular formula is C16H21ClN4. The van der Waals surface area contributed by atoms with E-state index in [0.29, 0.717) is 5.95 Å². The first-order valence-corrected chi connectivity index (χ1v) is 7.63. The summed E-state index contributed by atoms with van der Waals surface area (Å²) in [6, 6.07) is 9.85. The Morgan fingerprint density at radius 3 is 2.71 bits per heavy atom. The number of nitrogens with one attached hydrogen (secondary N) is 2. The lowest BCUT2D eigenvalue weighted by Gasteiger charge is -2.09. The van der Waals surface area contributed by atoms with Crippen molar-refractivity contribution in [1.82, 2.24) is 9.97 Å². The van der Waals surface area contributed by atoms with Crippen LogP contribution in [-0.4, -0.2) is 23.1 Å². The van der Waals surface area contributed by atoms with Crippen LogP contribution in [0, 0.1) is 6.92 Å². The second kappa shape index (κ2) is 7.84. The SMILES string of the molecule is CCCNc1cc(C)nc(NCCc2cccc(Cl)c2)n1. The first kappa shape index (κ1) is 15.6.